The average molecular weight is 245 g/mol. The number of hydrogen-bond acceptors (Lipinski definition) is 3. The van der Waals surface area contributed by atoms with Crippen LogP contribution in [0.1, 0.15) is 18.1 Å². The molecule has 2 aromatic heterocycles. The Kier molecular flexibility index (Phi) is 3.41. The summed E-state index contributed by atoms with van der Waals surface area (Å²) in [5.41, 5.74) is 1.29. The first-order chi connectivity index (χ1) is 8.61. The van der Waals surface area contributed by atoms with Crippen LogP contribution in [0.3, 0.4) is 0 Å². The molecule has 0 fully saturated rings. The molecule has 0 spiro atoms. The quantitative estimate of drug-likeness (QED) is 0.803. The molecule has 0 N–H and O–H groups in total. The van der Waals surface area contributed by atoms with Crippen molar-refractivity contribution in [3.63, 3.8) is 0 Å². The van der Waals surface area contributed by atoms with Crippen molar-refractivity contribution in [2.75, 3.05) is 0 Å². The summed E-state index contributed by atoms with van der Waals surface area (Å²) in [6.45, 7) is 4.59. The van der Waals surface area contributed by atoms with E-state index in [9.17, 15) is 9.59 Å². The lowest BCUT2D eigenvalue weighted by Gasteiger charge is -2.08. The third-order valence-electron chi connectivity index (χ3n) is 2.75. The number of aryl methyl sites for hydroxylation is 2. The van der Waals surface area contributed by atoms with Crippen molar-refractivity contribution >= 4 is 0 Å². The van der Waals surface area contributed by atoms with Crippen LogP contribution in [0, 0.1) is 6.92 Å². The summed E-state index contributed by atoms with van der Waals surface area (Å²) in [5.74, 6) is 0. The largest absolute Gasteiger partial charge is 0.331 e. The molecule has 2 heterocycles. The molecule has 0 radical (unpaired) electrons. The van der Waals surface area contributed by atoms with E-state index >= 15 is 0 Å². The van der Waals surface area contributed by atoms with Gasteiger partial charge < -0.3 is 4.57 Å². The molecule has 0 amide bonds. The van der Waals surface area contributed by atoms with E-state index < -0.39 is 0 Å². The van der Waals surface area contributed by atoms with Crippen LogP contribution >= 0.6 is 0 Å². The zero-order valence-corrected chi connectivity index (χ0v) is 10.5. The Morgan fingerprint density at radius 3 is 2.72 bits per heavy atom. The highest BCUT2D eigenvalue weighted by Gasteiger charge is 2.05. The summed E-state index contributed by atoms with van der Waals surface area (Å²) in [5, 5.41) is 0. The van der Waals surface area contributed by atoms with Gasteiger partial charge in [0, 0.05) is 31.2 Å². The van der Waals surface area contributed by atoms with Gasteiger partial charge in [0.05, 0.1) is 6.54 Å². The van der Waals surface area contributed by atoms with Gasteiger partial charge >= 0.3 is 5.69 Å². The van der Waals surface area contributed by atoms with Crippen molar-refractivity contribution in [2.24, 2.45) is 0 Å². The standard InChI is InChI=1S/C13H15N3O2/c1-3-15-5-4-12(17)16(13(15)18)9-11-6-10(2)7-14-8-11/h4-8H,3,9H2,1-2H3. The summed E-state index contributed by atoms with van der Waals surface area (Å²) in [4.78, 5) is 27.8. The average Bonchev–Trinajstić information content (AvgIpc) is 2.35. The highest BCUT2D eigenvalue weighted by atomic mass is 16.2. The summed E-state index contributed by atoms with van der Waals surface area (Å²) in [6.07, 6.45) is 4.93. The van der Waals surface area contributed by atoms with Crippen LogP contribution in [0.2, 0.25) is 0 Å². The Bertz CT molecular complexity index is 670. The van der Waals surface area contributed by atoms with E-state index in [2.05, 4.69) is 4.98 Å². The molecular formula is C13H15N3O2. The Morgan fingerprint density at radius 2 is 2.06 bits per heavy atom. The van der Waals surface area contributed by atoms with Crippen molar-refractivity contribution in [3.05, 3.63) is 62.7 Å². The van der Waals surface area contributed by atoms with Crippen molar-refractivity contribution in [1.29, 1.82) is 0 Å². The third-order valence-corrected chi connectivity index (χ3v) is 2.75. The Hall–Kier alpha value is -2.17. The molecule has 2 aromatic rings. The second-order valence-corrected chi connectivity index (χ2v) is 4.18. The van der Waals surface area contributed by atoms with Crippen LogP contribution in [0.5, 0.6) is 0 Å². The molecular weight excluding hydrogens is 230 g/mol. The molecule has 18 heavy (non-hydrogen) atoms. The Labute approximate surface area is 104 Å². The first-order valence-corrected chi connectivity index (χ1v) is 5.82. The minimum atomic E-state index is -0.286. The van der Waals surface area contributed by atoms with Gasteiger partial charge in [0.15, 0.2) is 0 Å². The highest BCUT2D eigenvalue weighted by Crippen LogP contribution is 2.01. The van der Waals surface area contributed by atoms with Gasteiger partial charge in [-0.05, 0) is 25.0 Å². The van der Waals surface area contributed by atoms with Crippen molar-refractivity contribution in [3.8, 4) is 0 Å². The molecule has 0 saturated carbocycles. The molecule has 0 aliphatic rings. The van der Waals surface area contributed by atoms with Gasteiger partial charge in [-0.1, -0.05) is 6.07 Å². The highest BCUT2D eigenvalue weighted by molar-refractivity contribution is 5.16. The van der Waals surface area contributed by atoms with Crippen molar-refractivity contribution in [2.45, 2.75) is 26.9 Å². The fraction of sp³-hybridized carbons (Fsp3) is 0.308. The molecule has 2 rings (SSSR count). The summed E-state index contributed by atoms with van der Waals surface area (Å²) in [6, 6.07) is 3.33. The molecule has 0 saturated heterocycles. The van der Waals surface area contributed by atoms with Gasteiger partial charge in [-0.25, -0.2) is 4.79 Å². The topological polar surface area (TPSA) is 56.9 Å². The first-order valence-electron chi connectivity index (χ1n) is 5.82. The lowest BCUT2D eigenvalue weighted by atomic mass is 10.2. The molecule has 0 aliphatic carbocycles. The molecule has 0 unspecified atom stereocenters. The van der Waals surface area contributed by atoms with E-state index in [0.29, 0.717) is 6.54 Å². The molecule has 94 valence electrons. The first kappa shape index (κ1) is 12.3. The SMILES string of the molecule is CCn1ccc(=O)n(Cc2cncc(C)c2)c1=O. The van der Waals surface area contributed by atoms with Crippen molar-refractivity contribution in [1.82, 2.24) is 14.1 Å². The number of nitrogens with zero attached hydrogens (tertiary/aromatic N) is 3. The zero-order chi connectivity index (χ0) is 13.1. The van der Waals surface area contributed by atoms with Crippen LogP contribution in [0.4, 0.5) is 0 Å². The van der Waals surface area contributed by atoms with E-state index in [1.54, 1.807) is 12.4 Å². The van der Waals surface area contributed by atoms with Crippen molar-refractivity contribution < 1.29 is 0 Å². The van der Waals surface area contributed by atoms with Crippen LogP contribution in [0.25, 0.3) is 0 Å². The molecule has 0 atom stereocenters. The lowest BCUT2D eigenvalue weighted by Crippen LogP contribution is -2.39. The minimum Gasteiger partial charge on any atom is -0.301 e. The molecule has 0 bridgehead atoms. The number of aromatic nitrogens is 3. The fourth-order valence-corrected chi connectivity index (χ4v) is 1.83. The van der Waals surface area contributed by atoms with Gasteiger partial charge in [-0.2, -0.15) is 0 Å². The summed E-state index contributed by atoms with van der Waals surface area (Å²) >= 11 is 0. The second kappa shape index (κ2) is 5.00. The Balaban J connectivity index is 2.46. The predicted molar refractivity (Wildman–Crippen MR) is 68.7 cm³/mol. The van der Waals surface area contributed by atoms with E-state index in [-0.39, 0.29) is 17.8 Å². The van der Waals surface area contributed by atoms with Crippen LogP contribution < -0.4 is 11.2 Å². The molecule has 0 aromatic carbocycles. The second-order valence-electron chi connectivity index (χ2n) is 4.18. The third kappa shape index (κ3) is 2.40. The van der Waals surface area contributed by atoms with Gasteiger partial charge in [-0.3, -0.25) is 14.3 Å². The van der Waals surface area contributed by atoms with Gasteiger partial charge in [0.25, 0.3) is 5.56 Å². The molecule has 5 heteroatoms. The van der Waals surface area contributed by atoms with E-state index in [4.69, 9.17) is 0 Å². The normalized spacial score (nSPS) is 10.6. The fourth-order valence-electron chi connectivity index (χ4n) is 1.83. The summed E-state index contributed by atoms with van der Waals surface area (Å²) < 4.78 is 2.73. The molecule has 5 nitrogen and oxygen atoms in total. The number of pyridine rings is 1. The maximum absolute atomic E-state index is 12.0. The van der Waals surface area contributed by atoms with Gasteiger partial charge in [0.2, 0.25) is 0 Å². The van der Waals surface area contributed by atoms with E-state index in [1.807, 2.05) is 19.9 Å². The van der Waals surface area contributed by atoms with Crippen LogP contribution in [0.15, 0.2) is 40.3 Å². The van der Waals surface area contributed by atoms with Gasteiger partial charge in [-0.15, -0.1) is 0 Å². The molecule has 0 aliphatic heterocycles. The van der Waals surface area contributed by atoms with E-state index in [1.165, 1.54) is 21.4 Å². The van der Waals surface area contributed by atoms with Crippen LogP contribution in [-0.2, 0) is 13.1 Å². The minimum absolute atomic E-state index is 0.257. The summed E-state index contributed by atoms with van der Waals surface area (Å²) in [7, 11) is 0. The van der Waals surface area contributed by atoms with Gasteiger partial charge in [0.1, 0.15) is 0 Å². The van der Waals surface area contributed by atoms with Crippen LogP contribution in [-0.4, -0.2) is 14.1 Å². The number of rotatable bonds is 3. The maximum atomic E-state index is 12.0. The Morgan fingerprint density at radius 1 is 1.28 bits per heavy atom. The monoisotopic (exact) mass is 245 g/mol. The van der Waals surface area contributed by atoms with E-state index in [0.717, 1.165) is 11.1 Å². The number of hydrogen-bond donors (Lipinski definition) is 0. The zero-order valence-electron chi connectivity index (χ0n) is 10.5. The predicted octanol–water partition coefficient (Wildman–Crippen LogP) is 0.782. The smallest absolute Gasteiger partial charge is 0.301 e. The lowest BCUT2D eigenvalue weighted by molar-refractivity contribution is 0.599. The maximum Gasteiger partial charge on any atom is 0.331 e.